The minimum atomic E-state index is 0.285. The Morgan fingerprint density at radius 1 is 1.38 bits per heavy atom. The third-order valence-electron chi connectivity index (χ3n) is 1.82. The summed E-state index contributed by atoms with van der Waals surface area (Å²) in [6.45, 7) is 8.63. The standard InChI is InChI=1S/C11H16ClN/c1-8-5-9(6-11(2,3)4)13-7-10(8)12/h5,7H,6H2,1-4H3. The van der Waals surface area contributed by atoms with Crippen molar-refractivity contribution in [3.05, 3.63) is 28.5 Å². The zero-order chi connectivity index (χ0) is 10.1. The van der Waals surface area contributed by atoms with Crippen LogP contribution in [0.15, 0.2) is 12.3 Å². The van der Waals surface area contributed by atoms with Gasteiger partial charge >= 0.3 is 0 Å². The zero-order valence-electron chi connectivity index (χ0n) is 8.69. The van der Waals surface area contributed by atoms with Gasteiger partial charge in [-0.2, -0.15) is 0 Å². The number of nitrogens with zero attached hydrogens (tertiary/aromatic N) is 1. The van der Waals surface area contributed by atoms with E-state index >= 15 is 0 Å². The van der Waals surface area contributed by atoms with E-state index in [1.807, 2.05) is 6.92 Å². The first-order valence-electron chi connectivity index (χ1n) is 4.49. The third-order valence-corrected chi connectivity index (χ3v) is 2.21. The molecule has 1 aromatic heterocycles. The van der Waals surface area contributed by atoms with Crippen LogP contribution in [0.5, 0.6) is 0 Å². The first-order chi connectivity index (χ1) is 5.88. The van der Waals surface area contributed by atoms with E-state index < -0.39 is 0 Å². The smallest absolute Gasteiger partial charge is 0.0618 e. The van der Waals surface area contributed by atoms with Crippen molar-refractivity contribution in [3.8, 4) is 0 Å². The lowest BCUT2D eigenvalue weighted by molar-refractivity contribution is 0.406. The fourth-order valence-corrected chi connectivity index (χ4v) is 1.34. The van der Waals surface area contributed by atoms with Crippen LogP contribution in [0, 0.1) is 12.3 Å². The summed E-state index contributed by atoms with van der Waals surface area (Å²) in [6, 6.07) is 2.06. The molecule has 1 rings (SSSR count). The Bertz CT molecular complexity index is 299. The van der Waals surface area contributed by atoms with Crippen LogP contribution in [0.3, 0.4) is 0 Å². The molecule has 0 spiro atoms. The number of hydrogen-bond donors (Lipinski definition) is 0. The molecular weight excluding hydrogens is 182 g/mol. The molecule has 72 valence electrons. The van der Waals surface area contributed by atoms with E-state index in [2.05, 4.69) is 31.8 Å². The van der Waals surface area contributed by atoms with Gasteiger partial charge in [-0.1, -0.05) is 32.4 Å². The molecule has 0 radical (unpaired) electrons. The molecule has 0 saturated carbocycles. The van der Waals surface area contributed by atoms with Crippen molar-refractivity contribution in [2.75, 3.05) is 0 Å². The van der Waals surface area contributed by atoms with Crippen molar-refractivity contribution in [1.82, 2.24) is 4.98 Å². The second-order valence-electron chi connectivity index (χ2n) is 4.66. The Kier molecular flexibility index (Phi) is 2.97. The molecule has 0 amide bonds. The van der Waals surface area contributed by atoms with E-state index in [4.69, 9.17) is 11.6 Å². The molecule has 0 saturated heterocycles. The summed E-state index contributed by atoms with van der Waals surface area (Å²) in [4.78, 5) is 4.29. The summed E-state index contributed by atoms with van der Waals surface area (Å²) in [6.07, 6.45) is 2.73. The van der Waals surface area contributed by atoms with E-state index in [0.717, 1.165) is 22.7 Å². The molecule has 1 heterocycles. The van der Waals surface area contributed by atoms with Gasteiger partial charge in [0.25, 0.3) is 0 Å². The van der Waals surface area contributed by atoms with Crippen LogP contribution in [-0.4, -0.2) is 4.98 Å². The Labute approximate surface area is 85.1 Å². The van der Waals surface area contributed by atoms with Gasteiger partial charge in [0.05, 0.1) is 5.02 Å². The predicted molar refractivity (Wildman–Crippen MR) is 57.1 cm³/mol. The second kappa shape index (κ2) is 3.67. The largest absolute Gasteiger partial charge is 0.260 e. The fourth-order valence-electron chi connectivity index (χ4n) is 1.24. The van der Waals surface area contributed by atoms with Crippen LogP contribution in [0.1, 0.15) is 32.0 Å². The van der Waals surface area contributed by atoms with E-state index in [0.29, 0.717) is 0 Å². The minimum Gasteiger partial charge on any atom is -0.260 e. The van der Waals surface area contributed by atoms with E-state index in [9.17, 15) is 0 Å². The number of rotatable bonds is 1. The van der Waals surface area contributed by atoms with Crippen molar-refractivity contribution in [3.63, 3.8) is 0 Å². The first kappa shape index (κ1) is 10.5. The number of hydrogen-bond acceptors (Lipinski definition) is 1. The van der Waals surface area contributed by atoms with Gasteiger partial charge in [0, 0.05) is 11.9 Å². The topological polar surface area (TPSA) is 12.9 Å². The van der Waals surface area contributed by atoms with Gasteiger partial charge < -0.3 is 0 Å². The molecule has 1 nitrogen and oxygen atoms in total. The van der Waals surface area contributed by atoms with E-state index in [1.54, 1.807) is 6.20 Å². The lowest BCUT2D eigenvalue weighted by atomic mass is 9.90. The van der Waals surface area contributed by atoms with Crippen molar-refractivity contribution in [2.24, 2.45) is 5.41 Å². The summed E-state index contributed by atoms with van der Waals surface area (Å²) in [7, 11) is 0. The van der Waals surface area contributed by atoms with Crippen molar-refractivity contribution >= 4 is 11.6 Å². The van der Waals surface area contributed by atoms with Gasteiger partial charge in [-0.25, -0.2) is 0 Å². The molecular formula is C11H16ClN. The summed E-state index contributed by atoms with van der Waals surface area (Å²) < 4.78 is 0. The van der Waals surface area contributed by atoms with Gasteiger partial charge in [-0.3, -0.25) is 4.98 Å². The highest BCUT2D eigenvalue weighted by atomic mass is 35.5. The summed E-state index contributed by atoms with van der Waals surface area (Å²) >= 11 is 5.89. The number of pyridine rings is 1. The average Bonchev–Trinajstić information content (AvgIpc) is 1.94. The van der Waals surface area contributed by atoms with Crippen LogP contribution in [-0.2, 0) is 6.42 Å². The number of aromatic nitrogens is 1. The molecule has 0 aliphatic carbocycles. The van der Waals surface area contributed by atoms with Crippen LogP contribution >= 0.6 is 11.6 Å². The highest BCUT2D eigenvalue weighted by Crippen LogP contribution is 2.21. The Balaban J connectivity index is 2.86. The summed E-state index contributed by atoms with van der Waals surface area (Å²) in [5, 5.41) is 0.748. The van der Waals surface area contributed by atoms with Crippen LogP contribution in [0.2, 0.25) is 5.02 Å². The average molecular weight is 198 g/mol. The normalized spacial score (nSPS) is 11.8. The predicted octanol–water partition coefficient (Wildman–Crippen LogP) is 3.63. The molecule has 0 atom stereocenters. The second-order valence-corrected chi connectivity index (χ2v) is 5.07. The lowest BCUT2D eigenvalue weighted by Gasteiger charge is -2.17. The maximum absolute atomic E-state index is 5.89. The quantitative estimate of drug-likeness (QED) is 0.670. The summed E-state index contributed by atoms with van der Waals surface area (Å²) in [5.74, 6) is 0. The highest BCUT2D eigenvalue weighted by Gasteiger charge is 2.12. The lowest BCUT2D eigenvalue weighted by Crippen LogP contribution is -2.10. The molecule has 0 N–H and O–H groups in total. The molecule has 13 heavy (non-hydrogen) atoms. The molecule has 0 unspecified atom stereocenters. The third kappa shape index (κ3) is 3.35. The molecule has 0 fully saturated rings. The SMILES string of the molecule is Cc1cc(CC(C)(C)C)ncc1Cl. The van der Waals surface area contributed by atoms with Gasteiger partial charge in [0.1, 0.15) is 0 Å². The zero-order valence-corrected chi connectivity index (χ0v) is 9.44. The maximum Gasteiger partial charge on any atom is 0.0618 e. The van der Waals surface area contributed by atoms with Crippen molar-refractivity contribution in [2.45, 2.75) is 34.1 Å². The molecule has 2 heteroatoms. The number of aryl methyl sites for hydroxylation is 1. The van der Waals surface area contributed by atoms with Crippen molar-refractivity contribution in [1.29, 1.82) is 0 Å². The Morgan fingerprint density at radius 2 is 2.00 bits per heavy atom. The summed E-state index contributed by atoms with van der Waals surface area (Å²) in [5.41, 5.74) is 2.51. The minimum absolute atomic E-state index is 0.285. The van der Waals surface area contributed by atoms with Crippen LogP contribution in [0.4, 0.5) is 0 Å². The first-order valence-corrected chi connectivity index (χ1v) is 4.87. The fraction of sp³-hybridized carbons (Fsp3) is 0.545. The van der Waals surface area contributed by atoms with Gasteiger partial charge in [-0.05, 0) is 30.4 Å². The van der Waals surface area contributed by atoms with E-state index in [-0.39, 0.29) is 5.41 Å². The van der Waals surface area contributed by atoms with Crippen molar-refractivity contribution < 1.29 is 0 Å². The highest BCUT2D eigenvalue weighted by molar-refractivity contribution is 6.31. The molecule has 0 bridgehead atoms. The molecule has 1 aromatic rings. The molecule has 0 aliphatic heterocycles. The monoisotopic (exact) mass is 197 g/mol. The van der Waals surface area contributed by atoms with Crippen LogP contribution < -0.4 is 0 Å². The van der Waals surface area contributed by atoms with Crippen LogP contribution in [0.25, 0.3) is 0 Å². The number of halogens is 1. The Hall–Kier alpha value is -0.560. The Morgan fingerprint density at radius 3 is 2.46 bits per heavy atom. The van der Waals surface area contributed by atoms with Gasteiger partial charge in [0.15, 0.2) is 0 Å². The maximum atomic E-state index is 5.89. The van der Waals surface area contributed by atoms with Gasteiger partial charge in [-0.15, -0.1) is 0 Å². The van der Waals surface area contributed by atoms with Gasteiger partial charge in [0.2, 0.25) is 0 Å². The molecule has 0 aromatic carbocycles. The van der Waals surface area contributed by atoms with E-state index in [1.165, 1.54) is 0 Å². The molecule has 0 aliphatic rings.